The highest BCUT2D eigenvalue weighted by Gasteiger charge is 2.43. The minimum atomic E-state index is -0.797. The van der Waals surface area contributed by atoms with Crippen LogP contribution in [0.25, 0.3) is 0 Å². The van der Waals surface area contributed by atoms with Crippen LogP contribution >= 0.6 is 0 Å². The maximum atomic E-state index is 13.2. The van der Waals surface area contributed by atoms with E-state index in [4.69, 9.17) is 14.2 Å². The number of carbonyl (C=O) groups excluding carboxylic acids is 4. The number of carbonyl (C=O) groups is 4. The van der Waals surface area contributed by atoms with Gasteiger partial charge in [0.05, 0.1) is 35.9 Å². The minimum Gasteiger partial charge on any atom is -0.462 e. The number of benzene rings is 4. The van der Waals surface area contributed by atoms with Crippen LogP contribution in [0.3, 0.4) is 0 Å². The largest absolute Gasteiger partial charge is 0.462 e. The van der Waals surface area contributed by atoms with Crippen molar-refractivity contribution >= 4 is 23.7 Å². The Morgan fingerprint density at radius 1 is 0.545 bits per heavy atom. The number of rotatable bonds is 11. The smallest absolute Gasteiger partial charge is 0.338 e. The van der Waals surface area contributed by atoms with Crippen LogP contribution in [0.5, 0.6) is 0 Å². The Morgan fingerprint density at radius 3 is 1.36 bits per heavy atom. The number of esters is 3. The lowest BCUT2D eigenvalue weighted by Gasteiger charge is -2.41. The Morgan fingerprint density at radius 2 is 0.932 bits per heavy atom. The second-order valence-corrected chi connectivity index (χ2v) is 10.6. The second kappa shape index (κ2) is 14.9. The Labute approximate surface area is 256 Å². The van der Waals surface area contributed by atoms with Gasteiger partial charge < -0.3 is 19.5 Å². The fourth-order valence-electron chi connectivity index (χ4n) is 5.28. The maximum absolute atomic E-state index is 13.2. The Kier molecular flexibility index (Phi) is 10.3. The molecule has 0 aliphatic heterocycles. The predicted octanol–water partition coefficient (Wildman–Crippen LogP) is 5.55. The molecule has 2 unspecified atom stereocenters. The molecule has 0 spiro atoms. The van der Waals surface area contributed by atoms with Gasteiger partial charge in [-0.3, -0.25) is 4.79 Å². The molecule has 2 atom stereocenters. The van der Waals surface area contributed by atoms with Crippen molar-refractivity contribution in [1.82, 2.24) is 5.32 Å². The molecule has 1 fully saturated rings. The van der Waals surface area contributed by atoms with Gasteiger partial charge in [-0.2, -0.15) is 0 Å². The number of ether oxygens (including phenoxy) is 3. The molecule has 5 rings (SSSR count). The van der Waals surface area contributed by atoms with Crippen molar-refractivity contribution in [1.29, 1.82) is 0 Å². The topological polar surface area (TPSA) is 108 Å². The van der Waals surface area contributed by atoms with E-state index in [9.17, 15) is 19.2 Å². The van der Waals surface area contributed by atoms with E-state index >= 15 is 0 Å². The molecule has 0 bridgehead atoms. The average molecular weight is 592 g/mol. The van der Waals surface area contributed by atoms with Crippen LogP contribution in [0.15, 0.2) is 121 Å². The Balaban J connectivity index is 1.39. The number of ketones is 1. The fourth-order valence-corrected chi connectivity index (χ4v) is 5.28. The van der Waals surface area contributed by atoms with Crippen molar-refractivity contribution in [3.05, 3.63) is 144 Å². The van der Waals surface area contributed by atoms with Crippen molar-refractivity contribution in [2.24, 2.45) is 5.92 Å². The Hall–Kier alpha value is -5.08. The first-order valence-corrected chi connectivity index (χ1v) is 14.5. The zero-order chi connectivity index (χ0) is 30.7. The van der Waals surface area contributed by atoms with Crippen LogP contribution in [0, 0.1) is 5.92 Å². The van der Waals surface area contributed by atoms with E-state index in [1.54, 1.807) is 109 Å². The monoisotopic (exact) mass is 591 g/mol. The number of Topliss-reactive ketones (excluding diaryl/α,β-unsaturated/α-hetero) is 1. The van der Waals surface area contributed by atoms with Gasteiger partial charge in [0.25, 0.3) is 0 Å². The van der Waals surface area contributed by atoms with E-state index in [1.807, 2.05) is 12.1 Å². The fraction of sp³-hybridized carbons (Fsp3) is 0.222. The number of hydrogen-bond donors (Lipinski definition) is 1. The predicted molar refractivity (Wildman–Crippen MR) is 163 cm³/mol. The SMILES string of the molecule is O=C(CNC1C(OC(=O)c2ccccc2)CC(COC(=O)c2ccccc2)CC1OC(=O)c1ccccc1)c1ccccc1. The van der Waals surface area contributed by atoms with Crippen molar-refractivity contribution in [2.45, 2.75) is 31.1 Å². The molecule has 8 heteroatoms. The normalized spacial score (nSPS) is 19.4. The van der Waals surface area contributed by atoms with Crippen molar-refractivity contribution < 1.29 is 33.4 Å². The lowest BCUT2D eigenvalue weighted by Crippen LogP contribution is -2.57. The van der Waals surface area contributed by atoms with Crippen molar-refractivity contribution in [2.75, 3.05) is 13.2 Å². The highest BCUT2D eigenvalue weighted by molar-refractivity contribution is 5.97. The van der Waals surface area contributed by atoms with Gasteiger partial charge in [-0.1, -0.05) is 84.9 Å². The molecule has 1 N–H and O–H groups in total. The molecule has 0 aromatic heterocycles. The third-order valence-corrected chi connectivity index (χ3v) is 7.52. The van der Waals surface area contributed by atoms with Gasteiger partial charge in [0.2, 0.25) is 0 Å². The summed E-state index contributed by atoms with van der Waals surface area (Å²) in [6.07, 6.45) is -0.961. The molecule has 0 saturated heterocycles. The molecule has 1 saturated carbocycles. The van der Waals surface area contributed by atoms with Gasteiger partial charge in [0.15, 0.2) is 5.78 Å². The van der Waals surface area contributed by atoms with E-state index in [0.717, 1.165) is 0 Å². The molecule has 0 radical (unpaired) electrons. The molecule has 4 aromatic carbocycles. The average Bonchev–Trinajstić information content (AvgIpc) is 3.08. The maximum Gasteiger partial charge on any atom is 0.338 e. The van der Waals surface area contributed by atoms with Gasteiger partial charge in [-0.15, -0.1) is 0 Å². The lowest BCUT2D eigenvalue weighted by molar-refractivity contribution is -0.0602. The van der Waals surface area contributed by atoms with E-state index in [-0.39, 0.29) is 24.9 Å². The first-order chi connectivity index (χ1) is 21.5. The molecular formula is C36H33NO7. The first kappa shape index (κ1) is 30.4. The highest BCUT2D eigenvalue weighted by atomic mass is 16.6. The van der Waals surface area contributed by atoms with Gasteiger partial charge in [-0.25, -0.2) is 14.4 Å². The minimum absolute atomic E-state index is 0.0299. The summed E-state index contributed by atoms with van der Waals surface area (Å²) in [6.45, 7) is -0.0384. The second-order valence-electron chi connectivity index (χ2n) is 10.6. The summed E-state index contributed by atoms with van der Waals surface area (Å²) in [5.41, 5.74) is 1.67. The summed E-state index contributed by atoms with van der Waals surface area (Å²) in [5.74, 6) is -2.04. The summed E-state index contributed by atoms with van der Waals surface area (Å²) < 4.78 is 17.7. The quantitative estimate of drug-likeness (QED) is 0.138. The summed E-state index contributed by atoms with van der Waals surface area (Å²) >= 11 is 0. The van der Waals surface area contributed by atoms with Gasteiger partial charge in [0.1, 0.15) is 12.2 Å². The van der Waals surface area contributed by atoms with E-state index in [2.05, 4.69) is 5.32 Å². The van der Waals surface area contributed by atoms with Gasteiger partial charge in [0, 0.05) is 11.5 Å². The van der Waals surface area contributed by atoms with Crippen LogP contribution in [0.2, 0.25) is 0 Å². The van der Waals surface area contributed by atoms with Gasteiger partial charge in [-0.05, 0) is 49.2 Å². The highest BCUT2D eigenvalue weighted by Crippen LogP contribution is 2.31. The number of nitrogens with one attached hydrogen (secondary N) is 1. The molecule has 1 aliphatic rings. The third-order valence-electron chi connectivity index (χ3n) is 7.52. The zero-order valence-corrected chi connectivity index (χ0v) is 24.0. The van der Waals surface area contributed by atoms with Gasteiger partial charge >= 0.3 is 17.9 Å². The molecular weight excluding hydrogens is 558 g/mol. The van der Waals surface area contributed by atoms with Crippen molar-refractivity contribution in [3.63, 3.8) is 0 Å². The van der Waals surface area contributed by atoms with Crippen LogP contribution in [0.1, 0.15) is 54.3 Å². The zero-order valence-electron chi connectivity index (χ0n) is 24.0. The summed E-state index contributed by atoms with van der Waals surface area (Å²) in [7, 11) is 0. The number of hydrogen-bond acceptors (Lipinski definition) is 8. The van der Waals surface area contributed by atoms with E-state index in [0.29, 0.717) is 35.1 Å². The molecule has 0 amide bonds. The van der Waals surface area contributed by atoms with Crippen LogP contribution in [0.4, 0.5) is 0 Å². The van der Waals surface area contributed by atoms with Crippen LogP contribution in [-0.2, 0) is 14.2 Å². The molecule has 1 aliphatic carbocycles. The molecule has 4 aromatic rings. The van der Waals surface area contributed by atoms with Crippen LogP contribution in [-0.4, -0.2) is 55.1 Å². The third kappa shape index (κ3) is 8.05. The Bertz CT molecular complexity index is 1480. The molecule has 44 heavy (non-hydrogen) atoms. The van der Waals surface area contributed by atoms with E-state index < -0.39 is 36.2 Å². The summed E-state index contributed by atoms with van der Waals surface area (Å²) in [4.78, 5) is 52.2. The first-order valence-electron chi connectivity index (χ1n) is 14.5. The van der Waals surface area contributed by atoms with Crippen LogP contribution < -0.4 is 5.32 Å². The summed E-state index contributed by atoms with van der Waals surface area (Å²) in [5, 5.41) is 3.23. The molecule has 0 heterocycles. The molecule has 224 valence electrons. The standard InChI is InChI=1S/C36H33NO7/c38-30(26-13-5-1-6-14-26)23-37-33-31(43-35(40)28-17-9-3-10-18-28)21-25(24-42-34(39)27-15-7-2-8-16-27)22-32(33)44-36(41)29-19-11-4-12-20-29/h1-20,25,31-33,37H,21-24H2. The van der Waals surface area contributed by atoms with Crippen molar-refractivity contribution in [3.8, 4) is 0 Å². The molecule has 8 nitrogen and oxygen atoms in total. The lowest BCUT2D eigenvalue weighted by atomic mass is 9.81. The van der Waals surface area contributed by atoms with E-state index in [1.165, 1.54) is 0 Å². The summed E-state index contributed by atoms with van der Waals surface area (Å²) in [6, 6.07) is 33.9.